The molecule has 1 rings (SSSR count). The summed E-state index contributed by atoms with van der Waals surface area (Å²) < 4.78 is 4.55. The van der Waals surface area contributed by atoms with Gasteiger partial charge in [0.15, 0.2) is 0 Å². The maximum atomic E-state index is 9.60. The van der Waals surface area contributed by atoms with Crippen LogP contribution in [-0.4, -0.2) is 23.8 Å². The van der Waals surface area contributed by atoms with Crippen LogP contribution in [0.5, 0.6) is 0 Å². The molecule has 0 aliphatic heterocycles. The minimum absolute atomic E-state index is 0.318. The van der Waals surface area contributed by atoms with Gasteiger partial charge in [0.25, 0.3) is 6.47 Å². The third kappa shape index (κ3) is 9.43. The van der Waals surface area contributed by atoms with Gasteiger partial charge in [0.1, 0.15) is 5.60 Å². The van der Waals surface area contributed by atoms with Crippen molar-refractivity contribution in [1.29, 1.82) is 0 Å². The van der Waals surface area contributed by atoms with Crippen LogP contribution in [-0.2, 0) is 9.53 Å². The van der Waals surface area contributed by atoms with E-state index in [1.165, 1.54) is 12.8 Å². The van der Waals surface area contributed by atoms with E-state index in [1.54, 1.807) is 0 Å². The molecule has 1 aliphatic rings. The number of aliphatic hydroxyl groups excluding tert-OH is 1. The van der Waals surface area contributed by atoms with Crippen LogP contribution < -0.4 is 0 Å². The first-order valence-corrected chi connectivity index (χ1v) is 4.22. The third-order valence-electron chi connectivity index (χ3n) is 1.36. The van der Waals surface area contributed by atoms with Crippen molar-refractivity contribution in [3.8, 4) is 0 Å². The van der Waals surface area contributed by atoms with Crippen molar-refractivity contribution in [2.75, 3.05) is 6.61 Å². The molecule has 12 heavy (non-hydrogen) atoms. The van der Waals surface area contributed by atoms with Crippen LogP contribution in [0.2, 0.25) is 0 Å². The van der Waals surface area contributed by atoms with Crippen LogP contribution in [0.25, 0.3) is 0 Å². The molecule has 1 fully saturated rings. The minimum Gasteiger partial charge on any atom is -0.462 e. The molecule has 0 aromatic rings. The fourth-order valence-corrected chi connectivity index (χ4v) is 0.445. The Morgan fingerprint density at radius 2 is 2.00 bits per heavy atom. The van der Waals surface area contributed by atoms with Gasteiger partial charge in [-0.2, -0.15) is 0 Å². The Kier molecular flexibility index (Phi) is 4.90. The summed E-state index contributed by atoms with van der Waals surface area (Å²) >= 11 is 0. The molecule has 72 valence electrons. The van der Waals surface area contributed by atoms with Crippen LogP contribution in [0.4, 0.5) is 0 Å². The quantitative estimate of drug-likeness (QED) is 0.643. The fourth-order valence-electron chi connectivity index (χ4n) is 0.445. The SMILES string of the molecule is CC(C)(C)OC=O.OCC1CC1. The first kappa shape index (κ1) is 11.4. The molecule has 0 atom stereocenters. The highest BCUT2D eigenvalue weighted by atomic mass is 16.5. The molecule has 1 aliphatic carbocycles. The largest absolute Gasteiger partial charge is 0.462 e. The number of carbonyl (C=O) groups excluding carboxylic acids is 1. The second kappa shape index (κ2) is 5.14. The lowest BCUT2D eigenvalue weighted by atomic mass is 10.2. The third-order valence-corrected chi connectivity index (χ3v) is 1.36. The molecule has 3 nitrogen and oxygen atoms in total. The molecule has 1 saturated carbocycles. The van der Waals surface area contributed by atoms with E-state index in [0.29, 0.717) is 19.0 Å². The lowest BCUT2D eigenvalue weighted by Crippen LogP contribution is -2.17. The smallest absolute Gasteiger partial charge is 0.293 e. The van der Waals surface area contributed by atoms with Gasteiger partial charge in [0.05, 0.1) is 0 Å². The summed E-state index contributed by atoms with van der Waals surface area (Å²) in [5.41, 5.74) is -0.318. The molecule has 3 heteroatoms. The van der Waals surface area contributed by atoms with Crippen molar-refractivity contribution < 1.29 is 14.6 Å². The van der Waals surface area contributed by atoms with Crippen molar-refractivity contribution in [3.05, 3.63) is 0 Å². The zero-order chi connectivity index (χ0) is 9.61. The topological polar surface area (TPSA) is 46.5 Å². The van der Waals surface area contributed by atoms with Gasteiger partial charge in [0, 0.05) is 6.61 Å². The predicted octanol–water partition coefficient (Wildman–Crippen LogP) is 1.35. The van der Waals surface area contributed by atoms with E-state index < -0.39 is 0 Å². The van der Waals surface area contributed by atoms with Crippen molar-refractivity contribution in [2.45, 2.75) is 39.2 Å². The summed E-state index contributed by atoms with van der Waals surface area (Å²) in [4.78, 5) is 9.60. The Hall–Kier alpha value is -0.570. The van der Waals surface area contributed by atoms with Crippen LogP contribution in [0.1, 0.15) is 33.6 Å². The van der Waals surface area contributed by atoms with E-state index in [2.05, 4.69) is 4.74 Å². The highest BCUT2D eigenvalue weighted by Gasteiger charge is 2.18. The lowest BCUT2D eigenvalue weighted by molar-refractivity contribution is -0.138. The molecule has 0 aromatic heterocycles. The summed E-state index contributed by atoms with van der Waals surface area (Å²) in [6, 6.07) is 0. The van der Waals surface area contributed by atoms with Gasteiger partial charge in [-0.3, -0.25) is 4.79 Å². The molecule has 0 radical (unpaired) electrons. The average molecular weight is 174 g/mol. The molecule has 0 saturated heterocycles. The van der Waals surface area contributed by atoms with E-state index in [4.69, 9.17) is 5.11 Å². The number of hydrogen-bond donors (Lipinski definition) is 1. The average Bonchev–Trinajstić information content (AvgIpc) is 2.66. The van der Waals surface area contributed by atoms with Crippen LogP contribution in [0.15, 0.2) is 0 Å². The summed E-state index contributed by atoms with van der Waals surface area (Å²) in [5, 5.41) is 8.21. The Balaban J connectivity index is 0.000000211. The van der Waals surface area contributed by atoms with Gasteiger partial charge >= 0.3 is 0 Å². The summed E-state index contributed by atoms with van der Waals surface area (Å²) in [7, 11) is 0. The highest BCUT2D eigenvalue weighted by molar-refractivity contribution is 5.37. The molecule has 0 amide bonds. The first-order chi connectivity index (χ1) is 5.49. The zero-order valence-electron chi connectivity index (χ0n) is 8.04. The monoisotopic (exact) mass is 174 g/mol. The van der Waals surface area contributed by atoms with E-state index in [-0.39, 0.29) is 5.60 Å². The number of ether oxygens (including phenoxy) is 1. The van der Waals surface area contributed by atoms with Gasteiger partial charge in [-0.05, 0) is 39.5 Å². The maximum Gasteiger partial charge on any atom is 0.293 e. The van der Waals surface area contributed by atoms with E-state index in [1.807, 2.05) is 20.8 Å². The van der Waals surface area contributed by atoms with Gasteiger partial charge in [-0.25, -0.2) is 0 Å². The van der Waals surface area contributed by atoms with Crippen molar-refractivity contribution in [1.82, 2.24) is 0 Å². The van der Waals surface area contributed by atoms with Crippen molar-refractivity contribution >= 4 is 6.47 Å². The predicted molar refractivity (Wildman–Crippen MR) is 46.7 cm³/mol. The van der Waals surface area contributed by atoms with Gasteiger partial charge < -0.3 is 9.84 Å². The second-order valence-corrected chi connectivity index (χ2v) is 3.95. The number of carbonyl (C=O) groups is 1. The molecule has 0 spiro atoms. The summed E-state index contributed by atoms with van der Waals surface area (Å²) in [6.45, 7) is 6.34. The van der Waals surface area contributed by atoms with Gasteiger partial charge in [-0.1, -0.05) is 0 Å². The first-order valence-electron chi connectivity index (χ1n) is 4.22. The maximum absolute atomic E-state index is 9.60. The Bertz CT molecular complexity index is 122. The van der Waals surface area contributed by atoms with Crippen molar-refractivity contribution in [3.63, 3.8) is 0 Å². The number of rotatable bonds is 2. The lowest BCUT2D eigenvalue weighted by Gasteiger charge is -2.14. The Morgan fingerprint density at radius 3 is 2.00 bits per heavy atom. The van der Waals surface area contributed by atoms with E-state index >= 15 is 0 Å². The summed E-state index contributed by atoms with van der Waals surface area (Å²) in [6.07, 6.45) is 2.52. The fraction of sp³-hybridized carbons (Fsp3) is 0.889. The molecule has 0 unspecified atom stereocenters. The molecule has 0 aromatic carbocycles. The molecule has 0 heterocycles. The van der Waals surface area contributed by atoms with Crippen LogP contribution in [0.3, 0.4) is 0 Å². The summed E-state index contributed by atoms with van der Waals surface area (Å²) in [5.74, 6) is 0.690. The molecule has 0 bridgehead atoms. The standard InChI is InChI=1S/C5H10O2.C4H8O/c1-5(2,3)7-4-6;5-3-4-1-2-4/h4H,1-3H3;4-5H,1-3H2. The molecular weight excluding hydrogens is 156 g/mol. The Morgan fingerprint density at radius 1 is 1.50 bits per heavy atom. The van der Waals surface area contributed by atoms with Crippen LogP contribution in [0, 0.1) is 5.92 Å². The van der Waals surface area contributed by atoms with Crippen molar-refractivity contribution in [2.24, 2.45) is 5.92 Å². The minimum atomic E-state index is -0.318. The second-order valence-electron chi connectivity index (χ2n) is 3.95. The number of aliphatic hydroxyl groups is 1. The highest BCUT2D eigenvalue weighted by Crippen LogP contribution is 2.27. The van der Waals surface area contributed by atoms with Gasteiger partial charge in [0.2, 0.25) is 0 Å². The van der Waals surface area contributed by atoms with E-state index in [9.17, 15) is 4.79 Å². The number of hydrogen-bond acceptors (Lipinski definition) is 3. The van der Waals surface area contributed by atoms with Crippen LogP contribution >= 0.6 is 0 Å². The Labute approximate surface area is 73.7 Å². The van der Waals surface area contributed by atoms with Gasteiger partial charge in [-0.15, -0.1) is 0 Å². The molecule has 1 N–H and O–H groups in total. The molecular formula is C9H18O3. The normalized spacial score (nSPS) is 16.0. The van der Waals surface area contributed by atoms with E-state index in [0.717, 1.165) is 0 Å². The zero-order valence-corrected chi connectivity index (χ0v) is 8.04.